The molecule has 1 spiro atoms. The van der Waals surface area contributed by atoms with Crippen LogP contribution in [0.2, 0.25) is 0 Å². The molecule has 0 amide bonds. The van der Waals surface area contributed by atoms with Gasteiger partial charge in [-0.25, -0.2) is 0 Å². The Morgan fingerprint density at radius 1 is 0.833 bits per heavy atom. The largest absolute Gasteiger partial charge is 0.459 e. The van der Waals surface area contributed by atoms with Crippen molar-refractivity contribution in [2.45, 2.75) is 50.7 Å². The number of esters is 1. The number of fused-ring (bicyclic) bond motifs is 4. The first-order chi connectivity index (χ1) is 23.4. The summed E-state index contributed by atoms with van der Waals surface area (Å²) < 4.78 is 35.1. The van der Waals surface area contributed by atoms with Crippen molar-refractivity contribution in [1.29, 1.82) is 0 Å². The molecule has 10 heteroatoms. The monoisotopic (exact) mass is 659 g/mol. The number of rotatable bonds is 7. The van der Waals surface area contributed by atoms with Crippen molar-refractivity contribution in [3.05, 3.63) is 60.2 Å². The second-order valence-electron chi connectivity index (χ2n) is 13.1. The van der Waals surface area contributed by atoms with Crippen molar-refractivity contribution in [2.75, 3.05) is 84.4 Å². The van der Waals surface area contributed by atoms with E-state index in [0.717, 1.165) is 61.0 Å². The highest BCUT2D eigenvalue weighted by atomic mass is 16.6. The Kier molecular flexibility index (Phi) is 11.3. The average molecular weight is 660 g/mol. The smallest absolute Gasteiger partial charge is 0.311 e. The molecule has 0 N–H and O–H groups in total. The Bertz CT molecular complexity index is 1560. The predicted molar refractivity (Wildman–Crippen MR) is 187 cm³/mol. The number of anilines is 1. The molecule has 1 atom stereocenters. The number of hydrogen-bond acceptors (Lipinski definition) is 10. The van der Waals surface area contributed by atoms with Crippen LogP contribution in [0.4, 0.5) is 11.4 Å². The van der Waals surface area contributed by atoms with Crippen LogP contribution in [0.3, 0.4) is 0 Å². The Balaban J connectivity index is 1.01. The first-order valence-corrected chi connectivity index (χ1v) is 17.3. The van der Waals surface area contributed by atoms with Crippen LogP contribution in [0, 0.1) is 0 Å². The van der Waals surface area contributed by atoms with Gasteiger partial charge in [-0.05, 0) is 68.4 Å². The van der Waals surface area contributed by atoms with E-state index in [1.807, 2.05) is 36.5 Å². The lowest BCUT2D eigenvalue weighted by molar-refractivity contribution is -0.134. The van der Waals surface area contributed by atoms with Gasteiger partial charge in [0.1, 0.15) is 17.2 Å². The average Bonchev–Trinajstić information content (AvgIpc) is 3.24. The van der Waals surface area contributed by atoms with E-state index in [9.17, 15) is 4.79 Å². The molecule has 3 aliphatic heterocycles. The van der Waals surface area contributed by atoms with Crippen LogP contribution in [0.15, 0.2) is 59.6 Å². The second kappa shape index (κ2) is 15.8. The zero-order valence-electron chi connectivity index (χ0n) is 28.6. The van der Waals surface area contributed by atoms with Crippen LogP contribution in [0.1, 0.15) is 45.1 Å². The molecule has 1 unspecified atom stereocenters. The number of aliphatic imine (C=N–C) groups is 1. The van der Waals surface area contributed by atoms with Gasteiger partial charge >= 0.3 is 5.97 Å². The number of para-hydroxylation sites is 1. The Morgan fingerprint density at radius 3 is 2.21 bits per heavy atom. The summed E-state index contributed by atoms with van der Waals surface area (Å²) in [5, 5.41) is 1.90. The minimum absolute atomic E-state index is 0.231. The summed E-state index contributed by atoms with van der Waals surface area (Å²) in [6, 6.07) is 18.1. The summed E-state index contributed by atoms with van der Waals surface area (Å²) in [5.41, 5.74) is 2.03. The molecule has 0 saturated carbocycles. The molecule has 0 bridgehead atoms. The zero-order valence-corrected chi connectivity index (χ0v) is 28.6. The van der Waals surface area contributed by atoms with Gasteiger partial charge < -0.3 is 33.3 Å². The third-order valence-corrected chi connectivity index (χ3v) is 9.70. The quantitative estimate of drug-likeness (QED) is 0.175. The van der Waals surface area contributed by atoms with E-state index in [1.54, 1.807) is 0 Å². The SMILES string of the molecule is CN1c2ccccc2C(C)(C)C12C=Nc1c(ccc3ccc(OC(=O)CCCCCN4CCOCCOCCOCCOCC4)cc13)O2. The van der Waals surface area contributed by atoms with Crippen LogP contribution in [-0.2, 0) is 29.2 Å². The number of likely N-dealkylation sites (N-methyl/N-ethyl adjacent to an activating group) is 1. The van der Waals surface area contributed by atoms with Gasteiger partial charge in [-0.1, -0.05) is 36.8 Å². The number of carbonyl (C=O) groups excluding carboxylic acids is 1. The van der Waals surface area contributed by atoms with Crippen molar-refractivity contribution in [3.8, 4) is 11.5 Å². The molecule has 6 rings (SSSR count). The predicted octanol–water partition coefficient (Wildman–Crippen LogP) is 5.91. The number of unbranched alkanes of at least 4 members (excludes halogenated alkanes) is 2. The van der Waals surface area contributed by atoms with Crippen molar-refractivity contribution in [2.24, 2.45) is 4.99 Å². The Morgan fingerprint density at radius 2 is 1.50 bits per heavy atom. The highest BCUT2D eigenvalue weighted by Gasteiger charge is 2.58. The summed E-state index contributed by atoms with van der Waals surface area (Å²) in [6.07, 6.45) is 4.98. The third kappa shape index (κ3) is 7.53. The number of carbonyl (C=O) groups is 1. The fourth-order valence-electron chi connectivity index (χ4n) is 6.87. The first-order valence-electron chi connectivity index (χ1n) is 17.3. The van der Waals surface area contributed by atoms with E-state index in [2.05, 4.69) is 55.0 Å². The number of benzene rings is 3. The van der Waals surface area contributed by atoms with E-state index in [1.165, 1.54) is 5.56 Å². The van der Waals surface area contributed by atoms with Crippen molar-refractivity contribution in [3.63, 3.8) is 0 Å². The van der Waals surface area contributed by atoms with E-state index in [4.69, 9.17) is 33.4 Å². The molecule has 3 aromatic rings. The van der Waals surface area contributed by atoms with Crippen LogP contribution < -0.4 is 14.4 Å². The van der Waals surface area contributed by atoms with E-state index < -0.39 is 5.72 Å². The Hall–Kier alpha value is -3.54. The van der Waals surface area contributed by atoms with Gasteiger partial charge in [0, 0.05) is 37.6 Å². The topological polar surface area (TPSA) is 91.3 Å². The molecule has 48 heavy (non-hydrogen) atoms. The molecule has 0 radical (unpaired) electrons. The standard InChI is InChI=1S/C38H49N3O7/c1-37(2)32-9-6-7-10-33(32)40(3)38(37)28-39-36-31-27-30(14-12-29(31)13-15-34(36)48-38)47-35(42)11-5-4-8-16-41-17-19-43-21-23-45-25-26-46-24-22-44-20-18-41/h6-7,9-10,12-15,27-28H,4-5,8,11,16-26H2,1-3H3. The Labute approximate surface area is 283 Å². The van der Waals surface area contributed by atoms with Crippen LogP contribution >= 0.6 is 0 Å². The lowest BCUT2D eigenvalue weighted by atomic mass is 9.77. The minimum atomic E-state index is -0.754. The fourth-order valence-corrected chi connectivity index (χ4v) is 6.87. The molecule has 0 aliphatic carbocycles. The summed E-state index contributed by atoms with van der Waals surface area (Å²) in [5.74, 6) is 0.992. The number of hydrogen-bond donors (Lipinski definition) is 0. The molecular weight excluding hydrogens is 610 g/mol. The zero-order chi connectivity index (χ0) is 33.4. The minimum Gasteiger partial charge on any atom is -0.459 e. The van der Waals surface area contributed by atoms with Crippen LogP contribution in [0.25, 0.3) is 10.8 Å². The molecule has 10 nitrogen and oxygen atoms in total. The lowest BCUT2D eigenvalue weighted by Gasteiger charge is -2.45. The number of nitrogens with zero attached hydrogens (tertiary/aromatic N) is 3. The van der Waals surface area contributed by atoms with Gasteiger partial charge in [0.2, 0.25) is 5.72 Å². The summed E-state index contributed by atoms with van der Waals surface area (Å²) in [4.78, 5) is 22.4. The number of ether oxygens (including phenoxy) is 6. The van der Waals surface area contributed by atoms with Gasteiger partial charge in [0.25, 0.3) is 0 Å². The normalized spacial score (nSPS) is 22.0. The van der Waals surface area contributed by atoms with E-state index in [-0.39, 0.29) is 11.4 Å². The summed E-state index contributed by atoms with van der Waals surface area (Å²) >= 11 is 0. The van der Waals surface area contributed by atoms with Gasteiger partial charge in [0.15, 0.2) is 0 Å². The molecule has 1 fully saturated rings. The van der Waals surface area contributed by atoms with E-state index in [0.29, 0.717) is 70.8 Å². The maximum atomic E-state index is 12.8. The summed E-state index contributed by atoms with van der Waals surface area (Å²) in [6.45, 7) is 11.8. The van der Waals surface area contributed by atoms with Gasteiger partial charge in [-0.3, -0.25) is 14.7 Å². The molecular formula is C38H49N3O7. The molecule has 3 aliphatic rings. The molecule has 258 valence electrons. The van der Waals surface area contributed by atoms with Gasteiger partial charge in [-0.15, -0.1) is 0 Å². The van der Waals surface area contributed by atoms with Crippen molar-refractivity contribution < 1.29 is 33.2 Å². The van der Waals surface area contributed by atoms with Gasteiger partial charge in [0.05, 0.1) is 64.5 Å². The highest BCUT2D eigenvalue weighted by Crippen LogP contribution is 2.54. The maximum absolute atomic E-state index is 12.8. The van der Waals surface area contributed by atoms with Crippen molar-refractivity contribution >= 4 is 34.3 Å². The highest BCUT2D eigenvalue weighted by molar-refractivity contribution is 6.00. The fraction of sp³-hybridized carbons (Fsp3) is 0.526. The van der Waals surface area contributed by atoms with Gasteiger partial charge in [-0.2, -0.15) is 0 Å². The first kappa shape index (κ1) is 34.3. The molecule has 3 heterocycles. The molecule has 3 aromatic carbocycles. The lowest BCUT2D eigenvalue weighted by Crippen LogP contribution is -2.61. The second-order valence-corrected chi connectivity index (χ2v) is 13.1. The summed E-state index contributed by atoms with van der Waals surface area (Å²) in [7, 11) is 2.06. The van der Waals surface area contributed by atoms with Crippen LogP contribution in [0.5, 0.6) is 11.5 Å². The van der Waals surface area contributed by atoms with E-state index >= 15 is 0 Å². The molecule has 0 aromatic heterocycles. The molecule has 1 saturated heterocycles. The van der Waals surface area contributed by atoms with Crippen LogP contribution in [-0.4, -0.2) is 102 Å². The van der Waals surface area contributed by atoms with Crippen molar-refractivity contribution in [1.82, 2.24) is 4.90 Å². The third-order valence-electron chi connectivity index (χ3n) is 9.70. The maximum Gasteiger partial charge on any atom is 0.311 e.